The Morgan fingerprint density at radius 2 is 2.15 bits per heavy atom. The summed E-state index contributed by atoms with van der Waals surface area (Å²) in [7, 11) is 1.67. The van der Waals surface area contributed by atoms with Crippen LogP contribution in [0.25, 0.3) is 0 Å². The standard InChI is InChI=1S/C9H13ClN2O/c1-12(8(13)6-10)9(7-11)4-2-3-5-9/h2-6H2,1H3. The monoisotopic (exact) mass is 200 g/mol. The first-order chi connectivity index (χ1) is 6.16. The van der Waals surface area contributed by atoms with E-state index in [9.17, 15) is 4.79 Å². The highest BCUT2D eigenvalue weighted by molar-refractivity contribution is 6.27. The van der Waals surface area contributed by atoms with E-state index in [1.807, 2.05) is 0 Å². The van der Waals surface area contributed by atoms with E-state index >= 15 is 0 Å². The molecule has 1 saturated carbocycles. The van der Waals surface area contributed by atoms with Crippen molar-refractivity contribution in [2.24, 2.45) is 0 Å². The van der Waals surface area contributed by atoms with E-state index in [2.05, 4.69) is 6.07 Å². The normalized spacial score (nSPS) is 19.5. The fourth-order valence-electron chi connectivity index (χ4n) is 1.81. The second kappa shape index (κ2) is 3.97. The lowest BCUT2D eigenvalue weighted by Crippen LogP contribution is -2.47. The summed E-state index contributed by atoms with van der Waals surface area (Å²) < 4.78 is 0. The van der Waals surface area contributed by atoms with Crippen molar-refractivity contribution in [1.82, 2.24) is 4.90 Å². The number of halogens is 1. The molecule has 0 aromatic rings. The molecule has 0 unspecified atom stereocenters. The predicted octanol–water partition coefficient (Wildman–Crippen LogP) is 1.52. The number of carbonyl (C=O) groups is 1. The third-order valence-electron chi connectivity index (χ3n) is 2.77. The smallest absolute Gasteiger partial charge is 0.238 e. The maximum absolute atomic E-state index is 11.3. The molecule has 0 bridgehead atoms. The maximum Gasteiger partial charge on any atom is 0.238 e. The molecule has 0 aliphatic heterocycles. The summed E-state index contributed by atoms with van der Waals surface area (Å²) in [6.45, 7) is 0. The number of rotatable bonds is 2. The van der Waals surface area contributed by atoms with Gasteiger partial charge in [0.25, 0.3) is 0 Å². The Morgan fingerprint density at radius 1 is 1.62 bits per heavy atom. The number of amides is 1. The minimum Gasteiger partial charge on any atom is -0.326 e. The Morgan fingerprint density at radius 3 is 2.54 bits per heavy atom. The van der Waals surface area contributed by atoms with Crippen LogP contribution in [0.1, 0.15) is 25.7 Å². The largest absolute Gasteiger partial charge is 0.326 e. The summed E-state index contributed by atoms with van der Waals surface area (Å²) in [6, 6.07) is 2.24. The Labute approximate surface area is 83.3 Å². The Kier molecular flexibility index (Phi) is 3.16. The first kappa shape index (κ1) is 10.3. The van der Waals surface area contributed by atoms with Gasteiger partial charge in [0, 0.05) is 7.05 Å². The van der Waals surface area contributed by atoms with Crippen molar-refractivity contribution in [1.29, 1.82) is 5.26 Å². The molecule has 1 aliphatic carbocycles. The average molecular weight is 201 g/mol. The van der Waals surface area contributed by atoms with Crippen LogP contribution in [0.3, 0.4) is 0 Å². The van der Waals surface area contributed by atoms with Gasteiger partial charge >= 0.3 is 0 Å². The SMILES string of the molecule is CN(C(=O)CCl)C1(C#N)CCCC1. The zero-order valence-electron chi connectivity index (χ0n) is 7.72. The van der Waals surface area contributed by atoms with E-state index in [1.54, 1.807) is 7.05 Å². The first-order valence-electron chi connectivity index (χ1n) is 4.40. The van der Waals surface area contributed by atoms with Gasteiger partial charge in [0.2, 0.25) is 5.91 Å². The molecular formula is C9H13ClN2O. The third-order valence-corrected chi connectivity index (χ3v) is 3.00. The number of hydrogen-bond donors (Lipinski definition) is 0. The van der Waals surface area contributed by atoms with Crippen LogP contribution in [0, 0.1) is 11.3 Å². The van der Waals surface area contributed by atoms with Gasteiger partial charge in [-0.3, -0.25) is 4.79 Å². The molecule has 72 valence electrons. The van der Waals surface area contributed by atoms with E-state index in [0.717, 1.165) is 25.7 Å². The maximum atomic E-state index is 11.3. The van der Waals surface area contributed by atoms with Crippen molar-refractivity contribution >= 4 is 17.5 Å². The third kappa shape index (κ3) is 1.78. The number of nitriles is 1. The number of carbonyl (C=O) groups excluding carboxylic acids is 1. The fourth-order valence-corrected chi connectivity index (χ4v) is 1.99. The van der Waals surface area contributed by atoms with E-state index in [4.69, 9.17) is 16.9 Å². The Bertz CT molecular complexity index is 240. The lowest BCUT2D eigenvalue weighted by Gasteiger charge is -2.31. The van der Waals surface area contributed by atoms with Gasteiger partial charge in [0.15, 0.2) is 0 Å². The van der Waals surface area contributed by atoms with Crippen molar-refractivity contribution < 1.29 is 4.79 Å². The lowest BCUT2D eigenvalue weighted by molar-refractivity contribution is -0.131. The minimum absolute atomic E-state index is 0.0417. The topological polar surface area (TPSA) is 44.1 Å². The fraction of sp³-hybridized carbons (Fsp3) is 0.778. The van der Waals surface area contributed by atoms with E-state index in [1.165, 1.54) is 4.90 Å². The Balaban J connectivity index is 2.77. The second-order valence-electron chi connectivity index (χ2n) is 3.44. The van der Waals surface area contributed by atoms with Crippen LogP contribution >= 0.6 is 11.6 Å². The van der Waals surface area contributed by atoms with Crippen LogP contribution in [-0.2, 0) is 4.79 Å². The van der Waals surface area contributed by atoms with Gasteiger partial charge in [-0.1, -0.05) is 0 Å². The molecule has 0 spiro atoms. The molecule has 1 fully saturated rings. The van der Waals surface area contributed by atoms with Crippen molar-refractivity contribution in [2.75, 3.05) is 12.9 Å². The van der Waals surface area contributed by atoms with Gasteiger partial charge in [-0.25, -0.2) is 0 Å². The van der Waals surface area contributed by atoms with Crippen LogP contribution in [0.15, 0.2) is 0 Å². The molecule has 3 nitrogen and oxygen atoms in total. The molecular weight excluding hydrogens is 188 g/mol. The summed E-state index contributed by atoms with van der Waals surface area (Å²) in [4.78, 5) is 12.8. The van der Waals surface area contributed by atoms with Crippen molar-refractivity contribution in [2.45, 2.75) is 31.2 Å². The second-order valence-corrected chi connectivity index (χ2v) is 3.70. The number of hydrogen-bond acceptors (Lipinski definition) is 2. The minimum atomic E-state index is -0.577. The summed E-state index contributed by atoms with van der Waals surface area (Å²) >= 11 is 5.44. The molecule has 0 atom stereocenters. The molecule has 1 rings (SSSR count). The van der Waals surface area contributed by atoms with Gasteiger partial charge in [0.05, 0.1) is 6.07 Å². The lowest BCUT2D eigenvalue weighted by atomic mass is 9.98. The molecule has 0 radical (unpaired) electrons. The van der Waals surface area contributed by atoms with Crippen molar-refractivity contribution in [3.8, 4) is 6.07 Å². The summed E-state index contributed by atoms with van der Waals surface area (Å²) in [6.07, 6.45) is 3.60. The van der Waals surface area contributed by atoms with Gasteiger partial charge in [-0.15, -0.1) is 11.6 Å². The van der Waals surface area contributed by atoms with Gasteiger partial charge in [-0.2, -0.15) is 5.26 Å². The summed E-state index contributed by atoms with van der Waals surface area (Å²) in [5.41, 5.74) is -0.577. The average Bonchev–Trinajstić information content (AvgIpc) is 2.65. The quantitative estimate of drug-likeness (QED) is 0.635. The molecule has 1 aliphatic rings. The zero-order valence-corrected chi connectivity index (χ0v) is 8.47. The highest BCUT2D eigenvalue weighted by atomic mass is 35.5. The van der Waals surface area contributed by atoms with Crippen LogP contribution in [0.4, 0.5) is 0 Å². The van der Waals surface area contributed by atoms with Gasteiger partial charge < -0.3 is 4.90 Å². The van der Waals surface area contributed by atoms with Crippen molar-refractivity contribution in [3.05, 3.63) is 0 Å². The van der Waals surface area contributed by atoms with Crippen LogP contribution in [0.2, 0.25) is 0 Å². The van der Waals surface area contributed by atoms with Crippen LogP contribution < -0.4 is 0 Å². The molecule has 0 aromatic heterocycles. The predicted molar refractivity (Wildman–Crippen MR) is 50.3 cm³/mol. The molecule has 0 aromatic carbocycles. The Hall–Kier alpha value is -0.750. The molecule has 0 N–H and O–H groups in total. The molecule has 4 heteroatoms. The van der Waals surface area contributed by atoms with E-state index < -0.39 is 5.54 Å². The van der Waals surface area contributed by atoms with E-state index in [-0.39, 0.29) is 11.8 Å². The van der Waals surface area contributed by atoms with Crippen molar-refractivity contribution in [3.63, 3.8) is 0 Å². The molecule has 0 heterocycles. The number of nitrogens with zero attached hydrogens (tertiary/aromatic N) is 2. The molecule has 0 saturated heterocycles. The van der Waals surface area contributed by atoms with Crippen LogP contribution in [0.5, 0.6) is 0 Å². The summed E-state index contributed by atoms with van der Waals surface area (Å²) in [5, 5.41) is 9.04. The van der Waals surface area contributed by atoms with Gasteiger partial charge in [0.1, 0.15) is 11.4 Å². The molecule has 13 heavy (non-hydrogen) atoms. The highest BCUT2D eigenvalue weighted by Gasteiger charge is 2.39. The molecule has 1 amide bonds. The highest BCUT2D eigenvalue weighted by Crippen LogP contribution is 2.33. The zero-order chi connectivity index (χ0) is 9.90. The van der Waals surface area contributed by atoms with E-state index in [0.29, 0.717) is 0 Å². The number of alkyl halides is 1. The van der Waals surface area contributed by atoms with Gasteiger partial charge in [-0.05, 0) is 25.7 Å². The van der Waals surface area contributed by atoms with Crippen LogP contribution in [-0.4, -0.2) is 29.3 Å². The summed E-state index contributed by atoms with van der Waals surface area (Å²) in [5.74, 6) is -0.204. The first-order valence-corrected chi connectivity index (χ1v) is 4.93.